The molecule has 78 valence electrons. The third kappa shape index (κ3) is 1.91. The van der Waals surface area contributed by atoms with Crippen molar-refractivity contribution in [1.82, 2.24) is 10.2 Å². The zero-order valence-corrected chi connectivity index (χ0v) is 10.6. The monoisotopic (exact) mass is 333 g/mol. The first-order chi connectivity index (χ1) is 7.09. The molecule has 3 nitrogen and oxygen atoms in total. The Morgan fingerprint density at radius 3 is 2.67 bits per heavy atom. The summed E-state index contributed by atoms with van der Waals surface area (Å²) in [5, 5.41) is 6.46. The molecule has 1 heterocycles. The van der Waals surface area contributed by atoms with E-state index in [4.69, 9.17) is 5.73 Å². The van der Waals surface area contributed by atoms with Crippen LogP contribution in [0.4, 0.5) is 10.2 Å². The van der Waals surface area contributed by atoms with Crippen LogP contribution < -0.4 is 5.73 Å². The van der Waals surface area contributed by atoms with Gasteiger partial charge >= 0.3 is 0 Å². The number of anilines is 1. The molecule has 0 bridgehead atoms. The Morgan fingerprint density at radius 1 is 1.33 bits per heavy atom. The molecule has 0 atom stereocenters. The van der Waals surface area contributed by atoms with E-state index in [0.717, 1.165) is 4.47 Å². The van der Waals surface area contributed by atoms with Crippen LogP contribution in [0.5, 0.6) is 0 Å². The molecule has 2 rings (SSSR count). The number of hydrogen-bond donors (Lipinski definition) is 2. The average Bonchev–Trinajstić information content (AvgIpc) is 2.52. The van der Waals surface area contributed by atoms with Gasteiger partial charge in [0.25, 0.3) is 0 Å². The van der Waals surface area contributed by atoms with Crippen molar-refractivity contribution in [1.29, 1.82) is 0 Å². The van der Waals surface area contributed by atoms with Gasteiger partial charge in [-0.15, -0.1) is 0 Å². The van der Waals surface area contributed by atoms with E-state index in [0.29, 0.717) is 21.5 Å². The smallest absolute Gasteiger partial charge is 0.160 e. The summed E-state index contributed by atoms with van der Waals surface area (Å²) in [4.78, 5) is 0. The van der Waals surface area contributed by atoms with E-state index < -0.39 is 0 Å². The van der Waals surface area contributed by atoms with Gasteiger partial charge in [-0.25, -0.2) is 4.39 Å². The van der Waals surface area contributed by atoms with Crippen molar-refractivity contribution in [3.8, 4) is 11.3 Å². The summed E-state index contributed by atoms with van der Waals surface area (Å²) in [7, 11) is 0. The second kappa shape index (κ2) is 3.94. The van der Waals surface area contributed by atoms with Crippen molar-refractivity contribution in [3.05, 3.63) is 33.0 Å². The molecule has 6 heteroatoms. The molecule has 0 radical (unpaired) electrons. The maximum atomic E-state index is 13.5. The predicted octanol–water partition coefficient (Wildman–Crippen LogP) is 3.32. The van der Waals surface area contributed by atoms with Crippen molar-refractivity contribution in [2.45, 2.75) is 0 Å². The number of aromatic amines is 1. The van der Waals surface area contributed by atoms with Crippen LogP contribution in [-0.4, -0.2) is 10.2 Å². The molecule has 0 aliphatic carbocycles. The van der Waals surface area contributed by atoms with Gasteiger partial charge < -0.3 is 5.73 Å². The minimum Gasteiger partial charge on any atom is -0.381 e. The molecule has 0 unspecified atom stereocenters. The van der Waals surface area contributed by atoms with Crippen LogP contribution in [0.25, 0.3) is 11.3 Å². The van der Waals surface area contributed by atoms with E-state index in [1.165, 1.54) is 6.07 Å². The summed E-state index contributed by atoms with van der Waals surface area (Å²) in [5.74, 6) is -0.0214. The number of nitrogens with zero attached hydrogens (tertiary/aromatic N) is 1. The van der Waals surface area contributed by atoms with Crippen LogP contribution in [-0.2, 0) is 0 Å². The van der Waals surface area contributed by atoms with Crippen molar-refractivity contribution in [2.75, 3.05) is 5.73 Å². The predicted molar refractivity (Wildman–Crippen MR) is 63.8 cm³/mol. The normalized spacial score (nSPS) is 10.6. The van der Waals surface area contributed by atoms with Gasteiger partial charge in [-0.05, 0) is 34.1 Å². The summed E-state index contributed by atoms with van der Waals surface area (Å²) < 4.78 is 14.9. The number of halogens is 3. The van der Waals surface area contributed by atoms with E-state index in [-0.39, 0.29) is 5.82 Å². The lowest BCUT2D eigenvalue weighted by Gasteiger charge is -2.01. The molecule has 3 N–H and O–H groups in total. The summed E-state index contributed by atoms with van der Waals surface area (Å²) >= 11 is 6.52. The lowest BCUT2D eigenvalue weighted by atomic mass is 10.1. The highest BCUT2D eigenvalue weighted by Crippen LogP contribution is 2.33. The van der Waals surface area contributed by atoms with Crippen LogP contribution in [0.3, 0.4) is 0 Å². The van der Waals surface area contributed by atoms with E-state index in [2.05, 4.69) is 42.1 Å². The highest BCUT2D eigenvalue weighted by molar-refractivity contribution is 9.11. The molecule has 0 saturated carbocycles. The zero-order chi connectivity index (χ0) is 11.0. The third-order valence-corrected chi connectivity index (χ3v) is 3.23. The molecule has 0 amide bonds. The van der Waals surface area contributed by atoms with E-state index in [1.807, 2.05) is 0 Å². The number of benzene rings is 1. The molecule has 1 aromatic heterocycles. The van der Waals surface area contributed by atoms with E-state index >= 15 is 0 Å². The minimum absolute atomic E-state index is 0.310. The quantitative estimate of drug-likeness (QED) is 0.840. The van der Waals surface area contributed by atoms with E-state index in [1.54, 1.807) is 12.1 Å². The number of H-pyrrole nitrogens is 1. The van der Waals surface area contributed by atoms with Crippen molar-refractivity contribution in [3.63, 3.8) is 0 Å². The fraction of sp³-hybridized carbons (Fsp3) is 0. The molecular weight excluding hydrogens is 329 g/mol. The van der Waals surface area contributed by atoms with Crippen molar-refractivity contribution in [2.24, 2.45) is 0 Å². The molecule has 0 spiro atoms. The van der Waals surface area contributed by atoms with Gasteiger partial charge in [0.15, 0.2) is 5.82 Å². The molecule has 0 fully saturated rings. The first kappa shape index (κ1) is 10.6. The maximum absolute atomic E-state index is 13.5. The van der Waals surface area contributed by atoms with E-state index in [9.17, 15) is 4.39 Å². The van der Waals surface area contributed by atoms with Gasteiger partial charge in [-0.2, -0.15) is 5.10 Å². The zero-order valence-electron chi connectivity index (χ0n) is 7.39. The molecule has 2 aromatic rings. The lowest BCUT2D eigenvalue weighted by Crippen LogP contribution is -1.86. The Bertz CT molecular complexity index is 510. The average molecular weight is 335 g/mol. The number of aromatic nitrogens is 2. The molecule has 0 aliphatic rings. The van der Waals surface area contributed by atoms with Gasteiger partial charge in [-0.1, -0.05) is 15.9 Å². The molecule has 1 aromatic carbocycles. The van der Waals surface area contributed by atoms with Gasteiger partial charge in [0.05, 0.1) is 10.2 Å². The van der Waals surface area contributed by atoms with Crippen LogP contribution in [0.2, 0.25) is 0 Å². The topological polar surface area (TPSA) is 54.7 Å². The van der Waals surface area contributed by atoms with Gasteiger partial charge in [0.2, 0.25) is 0 Å². The largest absolute Gasteiger partial charge is 0.381 e. The fourth-order valence-electron chi connectivity index (χ4n) is 1.21. The Balaban J connectivity index is 2.63. The Morgan fingerprint density at radius 2 is 2.07 bits per heavy atom. The second-order valence-electron chi connectivity index (χ2n) is 2.92. The first-order valence-electron chi connectivity index (χ1n) is 4.04. The Kier molecular flexibility index (Phi) is 2.79. The van der Waals surface area contributed by atoms with Crippen molar-refractivity contribution >= 4 is 37.7 Å². The molecular formula is C9H6Br2FN3. The van der Waals surface area contributed by atoms with Crippen molar-refractivity contribution < 1.29 is 4.39 Å². The minimum atomic E-state index is -0.331. The number of nitrogen functional groups attached to an aromatic ring is 1. The highest BCUT2D eigenvalue weighted by Gasteiger charge is 2.13. The second-order valence-corrected chi connectivity index (χ2v) is 4.63. The number of nitrogens with two attached hydrogens (primary N) is 1. The Hall–Kier alpha value is -0.880. The van der Waals surface area contributed by atoms with Crippen LogP contribution in [0.15, 0.2) is 27.1 Å². The third-order valence-electron chi connectivity index (χ3n) is 1.93. The lowest BCUT2D eigenvalue weighted by molar-refractivity contribution is 0.630. The molecule has 0 saturated heterocycles. The number of rotatable bonds is 1. The maximum Gasteiger partial charge on any atom is 0.160 e. The van der Waals surface area contributed by atoms with Crippen LogP contribution in [0, 0.1) is 5.82 Å². The standard InChI is InChI=1S/C9H6Br2FN3/c10-4-1-2-6(12)5(3-4)8-7(11)9(13)15-14-8/h1-3H,(H3,13,14,15). The van der Waals surface area contributed by atoms with Crippen LogP contribution in [0.1, 0.15) is 0 Å². The SMILES string of the molecule is Nc1n[nH]c(-c2cc(Br)ccc2F)c1Br. The van der Waals surface area contributed by atoms with Gasteiger partial charge in [0.1, 0.15) is 5.82 Å². The van der Waals surface area contributed by atoms with Gasteiger partial charge in [0, 0.05) is 10.0 Å². The highest BCUT2D eigenvalue weighted by atomic mass is 79.9. The summed E-state index contributed by atoms with van der Waals surface area (Å²) in [5.41, 5.74) is 6.49. The first-order valence-corrected chi connectivity index (χ1v) is 5.63. The fourth-order valence-corrected chi connectivity index (χ4v) is 1.96. The summed E-state index contributed by atoms with van der Waals surface area (Å²) in [6, 6.07) is 4.67. The van der Waals surface area contributed by atoms with Gasteiger partial charge in [-0.3, -0.25) is 5.10 Å². The summed E-state index contributed by atoms with van der Waals surface area (Å²) in [6.07, 6.45) is 0. The summed E-state index contributed by atoms with van der Waals surface area (Å²) in [6.45, 7) is 0. The molecule has 0 aliphatic heterocycles. The molecule has 15 heavy (non-hydrogen) atoms. The Labute approximate surface area is 102 Å². The number of nitrogens with one attached hydrogen (secondary N) is 1. The number of hydrogen-bond acceptors (Lipinski definition) is 2. The van der Waals surface area contributed by atoms with Crippen LogP contribution >= 0.6 is 31.9 Å².